The topological polar surface area (TPSA) is 77.0 Å². The summed E-state index contributed by atoms with van der Waals surface area (Å²) in [6.07, 6.45) is 1.62. The summed E-state index contributed by atoms with van der Waals surface area (Å²) in [5, 5.41) is 6.62. The second kappa shape index (κ2) is 11.3. The zero-order chi connectivity index (χ0) is 22.9. The van der Waals surface area contributed by atoms with Gasteiger partial charge in [0.15, 0.2) is 5.96 Å². The van der Waals surface area contributed by atoms with Crippen LogP contribution in [-0.2, 0) is 24.4 Å². The fourth-order valence-electron chi connectivity index (χ4n) is 3.64. The molecule has 32 heavy (non-hydrogen) atoms. The van der Waals surface area contributed by atoms with Gasteiger partial charge in [0, 0.05) is 52.3 Å². The number of rotatable bonds is 8. The number of likely N-dealkylation sites (tertiary alicyclic amines) is 1. The van der Waals surface area contributed by atoms with Crippen molar-refractivity contribution in [1.82, 2.24) is 20.4 Å². The van der Waals surface area contributed by atoms with Crippen LogP contribution in [0.5, 0.6) is 0 Å². The Morgan fingerprint density at radius 2 is 1.81 bits per heavy atom. The van der Waals surface area contributed by atoms with Crippen LogP contribution in [0.4, 0.5) is 0 Å². The molecule has 7 nitrogen and oxygen atoms in total. The Hall–Kier alpha value is -3.35. The predicted molar refractivity (Wildman–Crippen MR) is 127 cm³/mol. The highest BCUT2D eigenvalue weighted by atomic mass is 16.2. The second-order valence-electron chi connectivity index (χ2n) is 8.18. The Morgan fingerprint density at radius 1 is 1.06 bits per heavy atom. The van der Waals surface area contributed by atoms with E-state index in [0.717, 1.165) is 42.2 Å². The third-order valence-electron chi connectivity index (χ3n) is 5.37. The minimum absolute atomic E-state index is 0.00395. The van der Waals surface area contributed by atoms with Crippen molar-refractivity contribution in [1.29, 1.82) is 0 Å². The summed E-state index contributed by atoms with van der Waals surface area (Å²) < 4.78 is 0. The number of guanidine groups is 1. The SMILES string of the molecule is CCNC(=NCc1cccc(CN2CCCC2=O)c1)NCc1ccc(C(=O)N(C)C)cc1. The average molecular weight is 436 g/mol. The molecule has 3 rings (SSSR count). The minimum Gasteiger partial charge on any atom is -0.357 e. The highest BCUT2D eigenvalue weighted by Gasteiger charge is 2.19. The van der Waals surface area contributed by atoms with Crippen LogP contribution in [0.3, 0.4) is 0 Å². The molecular weight excluding hydrogens is 402 g/mol. The Kier molecular flexibility index (Phi) is 8.25. The number of nitrogens with zero attached hydrogens (tertiary/aromatic N) is 3. The molecule has 0 unspecified atom stereocenters. The fourth-order valence-corrected chi connectivity index (χ4v) is 3.64. The average Bonchev–Trinajstić information content (AvgIpc) is 3.20. The summed E-state index contributed by atoms with van der Waals surface area (Å²) in [6, 6.07) is 15.9. The molecular formula is C25H33N5O2. The molecule has 0 saturated carbocycles. The fraction of sp³-hybridized carbons (Fsp3) is 0.400. The van der Waals surface area contributed by atoms with Crippen molar-refractivity contribution in [2.75, 3.05) is 27.2 Å². The number of hydrogen-bond acceptors (Lipinski definition) is 3. The van der Waals surface area contributed by atoms with E-state index < -0.39 is 0 Å². The maximum absolute atomic E-state index is 12.0. The van der Waals surface area contributed by atoms with Gasteiger partial charge in [0.25, 0.3) is 5.91 Å². The van der Waals surface area contributed by atoms with E-state index in [-0.39, 0.29) is 11.8 Å². The highest BCUT2D eigenvalue weighted by Crippen LogP contribution is 2.15. The van der Waals surface area contributed by atoms with Gasteiger partial charge in [-0.1, -0.05) is 36.4 Å². The zero-order valence-electron chi connectivity index (χ0n) is 19.2. The van der Waals surface area contributed by atoms with Crippen molar-refractivity contribution in [3.63, 3.8) is 0 Å². The number of amides is 2. The van der Waals surface area contributed by atoms with Gasteiger partial charge in [-0.15, -0.1) is 0 Å². The van der Waals surface area contributed by atoms with Crippen LogP contribution < -0.4 is 10.6 Å². The van der Waals surface area contributed by atoms with Crippen molar-refractivity contribution in [3.05, 3.63) is 70.8 Å². The van der Waals surface area contributed by atoms with Gasteiger partial charge in [0.1, 0.15) is 0 Å². The number of carbonyl (C=O) groups excluding carboxylic acids is 2. The summed E-state index contributed by atoms with van der Waals surface area (Å²) in [5.41, 5.74) is 3.99. The maximum Gasteiger partial charge on any atom is 0.253 e. The molecule has 0 aromatic heterocycles. The molecule has 1 aliphatic rings. The van der Waals surface area contributed by atoms with E-state index in [1.807, 2.05) is 42.2 Å². The second-order valence-corrected chi connectivity index (χ2v) is 8.18. The molecule has 0 spiro atoms. The summed E-state index contributed by atoms with van der Waals surface area (Å²) in [4.78, 5) is 32.1. The molecule has 2 aromatic rings. The molecule has 1 saturated heterocycles. The molecule has 2 N–H and O–H groups in total. The first kappa shape index (κ1) is 23.3. The van der Waals surface area contributed by atoms with Crippen molar-refractivity contribution in [3.8, 4) is 0 Å². The van der Waals surface area contributed by atoms with Gasteiger partial charge in [0.2, 0.25) is 5.91 Å². The van der Waals surface area contributed by atoms with E-state index in [1.165, 1.54) is 0 Å². The number of carbonyl (C=O) groups is 2. The number of benzene rings is 2. The van der Waals surface area contributed by atoms with E-state index in [2.05, 4.69) is 28.8 Å². The molecule has 2 amide bonds. The first-order valence-corrected chi connectivity index (χ1v) is 11.1. The number of nitrogens with one attached hydrogen (secondary N) is 2. The van der Waals surface area contributed by atoms with Gasteiger partial charge in [-0.05, 0) is 42.2 Å². The van der Waals surface area contributed by atoms with Gasteiger partial charge < -0.3 is 20.4 Å². The van der Waals surface area contributed by atoms with E-state index in [9.17, 15) is 9.59 Å². The molecule has 0 atom stereocenters. The molecule has 0 aliphatic carbocycles. The normalized spacial score (nSPS) is 13.9. The quantitative estimate of drug-likeness (QED) is 0.494. The van der Waals surface area contributed by atoms with Crippen molar-refractivity contribution in [2.24, 2.45) is 4.99 Å². The van der Waals surface area contributed by atoms with Gasteiger partial charge >= 0.3 is 0 Å². The van der Waals surface area contributed by atoms with Gasteiger partial charge in [0.05, 0.1) is 6.54 Å². The van der Waals surface area contributed by atoms with Crippen LogP contribution in [0, 0.1) is 0 Å². The summed E-state index contributed by atoms with van der Waals surface area (Å²) in [6.45, 7) is 5.47. The van der Waals surface area contributed by atoms with Gasteiger partial charge in [-0.3, -0.25) is 9.59 Å². The first-order chi connectivity index (χ1) is 15.5. The summed E-state index contributed by atoms with van der Waals surface area (Å²) in [7, 11) is 3.50. The lowest BCUT2D eigenvalue weighted by Crippen LogP contribution is -2.36. The van der Waals surface area contributed by atoms with E-state index in [0.29, 0.717) is 31.6 Å². The third kappa shape index (κ3) is 6.57. The van der Waals surface area contributed by atoms with Crippen LogP contribution in [0.25, 0.3) is 0 Å². The minimum atomic E-state index is -0.00395. The standard InChI is InChI=1S/C25H33N5O2/c1-4-26-25(27-16-19-10-12-22(13-11-19)24(32)29(2)3)28-17-20-7-5-8-21(15-20)18-30-14-6-9-23(30)31/h5,7-8,10-13,15H,4,6,9,14,16-18H2,1-3H3,(H2,26,27,28). The predicted octanol–water partition coefficient (Wildman–Crippen LogP) is 2.77. The lowest BCUT2D eigenvalue weighted by atomic mass is 10.1. The molecule has 170 valence electrons. The van der Waals surface area contributed by atoms with Crippen molar-refractivity contribution < 1.29 is 9.59 Å². The molecule has 1 fully saturated rings. The lowest BCUT2D eigenvalue weighted by molar-refractivity contribution is -0.128. The number of aliphatic imine (C=N–C) groups is 1. The first-order valence-electron chi connectivity index (χ1n) is 11.1. The smallest absolute Gasteiger partial charge is 0.253 e. The van der Waals surface area contributed by atoms with Crippen LogP contribution in [0.1, 0.15) is 46.8 Å². The lowest BCUT2D eigenvalue weighted by Gasteiger charge is -2.16. The maximum atomic E-state index is 12.0. The Morgan fingerprint density at radius 3 is 2.47 bits per heavy atom. The van der Waals surface area contributed by atoms with E-state index in [1.54, 1.807) is 19.0 Å². The van der Waals surface area contributed by atoms with Crippen LogP contribution in [-0.4, -0.2) is 54.8 Å². The summed E-state index contributed by atoms with van der Waals surface area (Å²) >= 11 is 0. The van der Waals surface area contributed by atoms with E-state index in [4.69, 9.17) is 4.99 Å². The number of hydrogen-bond donors (Lipinski definition) is 2. The zero-order valence-corrected chi connectivity index (χ0v) is 19.2. The Bertz CT molecular complexity index is 953. The van der Waals surface area contributed by atoms with Crippen LogP contribution in [0.15, 0.2) is 53.5 Å². The molecule has 7 heteroatoms. The van der Waals surface area contributed by atoms with Crippen LogP contribution >= 0.6 is 0 Å². The Labute approximate surface area is 190 Å². The monoisotopic (exact) mass is 435 g/mol. The Balaban J connectivity index is 1.58. The van der Waals surface area contributed by atoms with Crippen molar-refractivity contribution in [2.45, 2.75) is 39.4 Å². The highest BCUT2D eigenvalue weighted by molar-refractivity contribution is 5.93. The van der Waals surface area contributed by atoms with E-state index >= 15 is 0 Å². The van der Waals surface area contributed by atoms with Gasteiger partial charge in [-0.25, -0.2) is 4.99 Å². The molecule has 2 aromatic carbocycles. The molecule has 0 radical (unpaired) electrons. The van der Waals surface area contributed by atoms with Crippen LogP contribution in [0.2, 0.25) is 0 Å². The molecule has 0 bridgehead atoms. The van der Waals surface area contributed by atoms with Gasteiger partial charge in [-0.2, -0.15) is 0 Å². The summed E-state index contributed by atoms with van der Waals surface area (Å²) in [5.74, 6) is 0.975. The largest absolute Gasteiger partial charge is 0.357 e. The molecule has 1 aliphatic heterocycles. The third-order valence-corrected chi connectivity index (χ3v) is 5.37. The van der Waals surface area contributed by atoms with Crippen molar-refractivity contribution >= 4 is 17.8 Å². The molecule has 1 heterocycles.